The summed E-state index contributed by atoms with van der Waals surface area (Å²) in [5.41, 5.74) is 6.64. The second kappa shape index (κ2) is 8.95. The molecule has 0 aliphatic heterocycles. The van der Waals surface area contributed by atoms with Crippen molar-refractivity contribution in [3.63, 3.8) is 0 Å². The first-order chi connectivity index (χ1) is 11.4. The van der Waals surface area contributed by atoms with Crippen molar-refractivity contribution in [2.45, 2.75) is 33.6 Å². The lowest BCUT2D eigenvalue weighted by molar-refractivity contribution is 0.923. The lowest BCUT2D eigenvalue weighted by atomic mass is 9.95. The van der Waals surface area contributed by atoms with Gasteiger partial charge in [-0.05, 0) is 34.2 Å². The van der Waals surface area contributed by atoms with E-state index in [0.717, 1.165) is 6.42 Å². The van der Waals surface area contributed by atoms with Crippen LogP contribution in [0, 0.1) is 0 Å². The Morgan fingerprint density at radius 3 is 1.74 bits per heavy atom. The Morgan fingerprint density at radius 2 is 1.09 bits per heavy atom. The quantitative estimate of drug-likeness (QED) is 0.486. The third kappa shape index (κ3) is 4.32. The van der Waals surface area contributed by atoms with Gasteiger partial charge in [0.15, 0.2) is 0 Å². The van der Waals surface area contributed by atoms with E-state index < -0.39 is 0 Å². The highest BCUT2D eigenvalue weighted by Crippen LogP contribution is 2.27. The molecule has 23 heavy (non-hydrogen) atoms. The molecule has 0 saturated heterocycles. The van der Waals surface area contributed by atoms with Crippen LogP contribution in [-0.2, 0) is 6.42 Å². The van der Waals surface area contributed by atoms with Crippen molar-refractivity contribution in [1.82, 2.24) is 0 Å². The first kappa shape index (κ1) is 17.0. The molecule has 0 saturated carbocycles. The third-order valence-corrected chi connectivity index (χ3v) is 3.84. The average molecular weight is 302 g/mol. The molecule has 0 heteroatoms. The molecular formula is C23H26. The minimum atomic E-state index is 1.14. The van der Waals surface area contributed by atoms with E-state index in [4.69, 9.17) is 0 Å². The van der Waals surface area contributed by atoms with E-state index in [1.165, 1.54) is 34.2 Å². The van der Waals surface area contributed by atoms with Crippen molar-refractivity contribution in [3.8, 4) is 22.3 Å². The molecule has 0 aliphatic rings. The van der Waals surface area contributed by atoms with E-state index in [0.29, 0.717) is 0 Å². The van der Waals surface area contributed by atoms with Crippen molar-refractivity contribution < 1.29 is 0 Å². The summed E-state index contributed by atoms with van der Waals surface area (Å²) in [5, 5.41) is 0. The predicted molar refractivity (Wildman–Crippen MR) is 103 cm³/mol. The van der Waals surface area contributed by atoms with Crippen LogP contribution in [0.3, 0.4) is 0 Å². The fourth-order valence-electron chi connectivity index (χ4n) is 2.76. The summed E-state index contributed by atoms with van der Waals surface area (Å²) in [6.45, 7) is 6.23. The Bertz CT molecular complexity index is 694. The first-order valence-corrected chi connectivity index (χ1v) is 8.62. The molecule has 0 aliphatic carbocycles. The average Bonchev–Trinajstić information content (AvgIpc) is 2.65. The Labute approximate surface area is 140 Å². The molecule has 0 spiro atoms. The molecule has 0 amide bonds. The molecular weight excluding hydrogens is 276 g/mol. The van der Waals surface area contributed by atoms with Gasteiger partial charge in [0.1, 0.15) is 0 Å². The highest BCUT2D eigenvalue weighted by atomic mass is 14.1. The molecule has 3 aromatic carbocycles. The zero-order valence-corrected chi connectivity index (χ0v) is 14.4. The van der Waals surface area contributed by atoms with Crippen molar-refractivity contribution in [2.75, 3.05) is 0 Å². The summed E-state index contributed by atoms with van der Waals surface area (Å²) in [7, 11) is 0. The van der Waals surface area contributed by atoms with Gasteiger partial charge >= 0.3 is 0 Å². The van der Waals surface area contributed by atoms with Gasteiger partial charge in [-0.2, -0.15) is 0 Å². The summed E-state index contributed by atoms with van der Waals surface area (Å²) in [6.07, 6.45) is 2.32. The zero-order valence-electron chi connectivity index (χ0n) is 14.4. The van der Waals surface area contributed by atoms with Gasteiger partial charge in [-0.3, -0.25) is 0 Å². The molecule has 0 atom stereocenters. The fourth-order valence-corrected chi connectivity index (χ4v) is 2.76. The zero-order chi connectivity index (χ0) is 16.5. The van der Waals surface area contributed by atoms with Gasteiger partial charge < -0.3 is 0 Å². The smallest absolute Gasteiger partial charge is 0.0152 e. The number of aryl methyl sites for hydroxylation is 1. The second-order valence-corrected chi connectivity index (χ2v) is 5.35. The van der Waals surface area contributed by atoms with Crippen LogP contribution in [0.5, 0.6) is 0 Å². The summed E-state index contributed by atoms with van der Waals surface area (Å²) >= 11 is 0. The van der Waals surface area contributed by atoms with Gasteiger partial charge in [0.25, 0.3) is 0 Å². The molecule has 0 aromatic heterocycles. The minimum absolute atomic E-state index is 1.14. The number of rotatable bonds is 4. The lowest BCUT2D eigenvalue weighted by Gasteiger charge is -2.10. The maximum Gasteiger partial charge on any atom is -0.0152 e. The number of hydrogen-bond acceptors (Lipinski definition) is 0. The summed E-state index contributed by atoms with van der Waals surface area (Å²) in [6, 6.07) is 28.1. The van der Waals surface area contributed by atoms with Crippen LogP contribution in [-0.4, -0.2) is 0 Å². The number of hydrogen-bond donors (Lipinski definition) is 0. The van der Waals surface area contributed by atoms with E-state index in [9.17, 15) is 0 Å². The molecule has 0 nitrogen and oxygen atoms in total. The summed E-state index contributed by atoms with van der Waals surface area (Å²) < 4.78 is 0. The van der Waals surface area contributed by atoms with E-state index in [1.807, 2.05) is 13.8 Å². The van der Waals surface area contributed by atoms with Crippen LogP contribution in [0.2, 0.25) is 0 Å². The Balaban J connectivity index is 0.000000924. The van der Waals surface area contributed by atoms with Crippen molar-refractivity contribution in [2.24, 2.45) is 0 Å². The molecule has 0 N–H and O–H groups in total. The van der Waals surface area contributed by atoms with Crippen LogP contribution < -0.4 is 0 Å². The normalized spacial score (nSPS) is 9.87. The van der Waals surface area contributed by atoms with E-state index in [2.05, 4.69) is 85.8 Å². The molecule has 3 rings (SSSR count). The van der Waals surface area contributed by atoms with Gasteiger partial charge in [-0.15, -0.1) is 0 Å². The maximum absolute atomic E-state index is 2.24. The maximum atomic E-state index is 2.24. The highest BCUT2D eigenvalue weighted by Gasteiger charge is 2.04. The van der Waals surface area contributed by atoms with Crippen molar-refractivity contribution in [3.05, 3.63) is 84.4 Å². The van der Waals surface area contributed by atoms with Crippen LogP contribution >= 0.6 is 0 Å². The largest absolute Gasteiger partial charge is 0.0683 e. The van der Waals surface area contributed by atoms with E-state index in [1.54, 1.807) is 0 Å². The molecule has 0 bridgehead atoms. The number of benzene rings is 3. The Kier molecular flexibility index (Phi) is 6.62. The van der Waals surface area contributed by atoms with Gasteiger partial charge in [-0.25, -0.2) is 0 Å². The van der Waals surface area contributed by atoms with E-state index in [-0.39, 0.29) is 0 Å². The SMILES string of the molecule is CC.CCCc1ccccc1-c1ccc(-c2ccccc2)cc1. The minimum Gasteiger partial charge on any atom is -0.0683 e. The molecule has 0 heterocycles. The van der Waals surface area contributed by atoms with Crippen LogP contribution in [0.25, 0.3) is 22.3 Å². The lowest BCUT2D eigenvalue weighted by Crippen LogP contribution is -1.89. The molecule has 0 unspecified atom stereocenters. The monoisotopic (exact) mass is 302 g/mol. The first-order valence-electron chi connectivity index (χ1n) is 8.62. The van der Waals surface area contributed by atoms with Crippen LogP contribution in [0.1, 0.15) is 32.8 Å². The fraction of sp³-hybridized carbons (Fsp3) is 0.217. The predicted octanol–water partition coefficient (Wildman–Crippen LogP) is 7.00. The third-order valence-electron chi connectivity index (χ3n) is 3.84. The highest BCUT2D eigenvalue weighted by molar-refractivity contribution is 5.72. The van der Waals surface area contributed by atoms with Crippen LogP contribution in [0.15, 0.2) is 78.9 Å². The summed E-state index contributed by atoms with van der Waals surface area (Å²) in [4.78, 5) is 0. The van der Waals surface area contributed by atoms with Gasteiger partial charge in [0, 0.05) is 0 Å². The molecule has 118 valence electrons. The summed E-state index contributed by atoms with van der Waals surface area (Å²) in [5.74, 6) is 0. The van der Waals surface area contributed by atoms with Crippen molar-refractivity contribution in [1.29, 1.82) is 0 Å². The molecule has 0 radical (unpaired) electrons. The topological polar surface area (TPSA) is 0 Å². The molecule has 0 fully saturated rings. The Hall–Kier alpha value is -2.34. The Morgan fingerprint density at radius 1 is 0.565 bits per heavy atom. The van der Waals surface area contributed by atoms with Gasteiger partial charge in [0.05, 0.1) is 0 Å². The molecule has 3 aromatic rings. The second-order valence-electron chi connectivity index (χ2n) is 5.35. The van der Waals surface area contributed by atoms with Gasteiger partial charge in [0.2, 0.25) is 0 Å². The van der Waals surface area contributed by atoms with E-state index >= 15 is 0 Å². The van der Waals surface area contributed by atoms with Gasteiger partial charge in [-0.1, -0.05) is 106 Å². The van der Waals surface area contributed by atoms with Crippen LogP contribution in [0.4, 0.5) is 0 Å². The standard InChI is InChI=1S/C21H20.C2H6/c1-2-8-19-11-6-7-12-21(19)20-15-13-18(14-16-20)17-9-4-3-5-10-17;1-2/h3-7,9-16H,2,8H2,1H3;1-2H3. The van der Waals surface area contributed by atoms with Crippen molar-refractivity contribution >= 4 is 0 Å².